The standard InChI is InChI=1S/C9H7BF3O3/c1-16-9(15)7-2-6(5-14)3-8(4-7)10(11,12)13/h2-5H,1H3/q-1. The molecule has 3 nitrogen and oxygen atoms in total. The van der Waals surface area contributed by atoms with E-state index in [0.717, 1.165) is 13.2 Å². The van der Waals surface area contributed by atoms with Crippen LogP contribution in [0, 0.1) is 0 Å². The highest BCUT2D eigenvalue weighted by Crippen LogP contribution is 2.12. The van der Waals surface area contributed by atoms with E-state index in [1.807, 2.05) is 0 Å². The molecule has 16 heavy (non-hydrogen) atoms. The Kier molecular flexibility index (Phi) is 3.36. The summed E-state index contributed by atoms with van der Waals surface area (Å²) >= 11 is 0. The minimum absolute atomic E-state index is 0.211. The minimum Gasteiger partial charge on any atom is -0.465 e. The number of carbonyl (C=O) groups excluding carboxylic acids is 2. The van der Waals surface area contributed by atoms with E-state index in [1.165, 1.54) is 0 Å². The molecule has 0 heterocycles. The lowest BCUT2D eigenvalue weighted by molar-refractivity contribution is 0.0601. The summed E-state index contributed by atoms with van der Waals surface area (Å²) in [4.78, 5) is 21.5. The molecular formula is C9H7BF3O3-. The Morgan fingerprint density at radius 1 is 1.31 bits per heavy atom. The molecule has 0 radical (unpaired) electrons. The van der Waals surface area contributed by atoms with Gasteiger partial charge in [-0.15, -0.1) is 5.46 Å². The molecule has 0 amide bonds. The average Bonchev–Trinajstić information content (AvgIpc) is 2.26. The molecule has 0 unspecified atom stereocenters. The first-order valence-electron chi connectivity index (χ1n) is 4.27. The average molecular weight is 231 g/mol. The summed E-state index contributed by atoms with van der Waals surface area (Å²) in [6.45, 7) is -5.25. The first-order valence-corrected chi connectivity index (χ1v) is 4.27. The number of methoxy groups -OCH3 is 1. The van der Waals surface area contributed by atoms with Crippen LogP contribution in [0.1, 0.15) is 20.7 Å². The van der Waals surface area contributed by atoms with E-state index in [-0.39, 0.29) is 17.4 Å². The topological polar surface area (TPSA) is 43.4 Å². The fourth-order valence-corrected chi connectivity index (χ4v) is 1.17. The van der Waals surface area contributed by atoms with Crippen LogP contribution < -0.4 is 5.46 Å². The Labute approximate surface area is 89.3 Å². The number of carbonyl (C=O) groups is 2. The second kappa shape index (κ2) is 4.38. The number of aldehydes is 1. The lowest BCUT2D eigenvalue weighted by atomic mass is 9.78. The Morgan fingerprint density at radius 2 is 1.94 bits per heavy atom. The fraction of sp³-hybridized carbons (Fsp3) is 0.111. The number of halogens is 3. The number of rotatable bonds is 3. The summed E-state index contributed by atoms with van der Waals surface area (Å²) in [5.41, 5.74) is -1.50. The summed E-state index contributed by atoms with van der Waals surface area (Å²) in [5, 5.41) is 0. The molecule has 0 N–H and O–H groups in total. The van der Waals surface area contributed by atoms with Crippen LogP contribution in [-0.4, -0.2) is 26.3 Å². The maximum absolute atomic E-state index is 12.4. The van der Waals surface area contributed by atoms with E-state index in [9.17, 15) is 22.5 Å². The van der Waals surface area contributed by atoms with Gasteiger partial charge in [0.25, 0.3) is 0 Å². The molecule has 1 aromatic rings. The Balaban J connectivity index is 3.32. The molecule has 0 fully saturated rings. The van der Waals surface area contributed by atoms with Crippen molar-refractivity contribution >= 4 is 24.7 Å². The van der Waals surface area contributed by atoms with Crippen LogP contribution in [0.15, 0.2) is 18.2 Å². The normalized spacial score (nSPS) is 11.0. The van der Waals surface area contributed by atoms with E-state index >= 15 is 0 Å². The zero-order valence-electron chi connectivity index (χ0n) is 8.25. The van der Waals surface area contributed by atoms with Crippen molar-refractivity contribution < 1.29 is 27.3 Å². The molecular weight excluding hydrogens is 224 g/mol. The van der Waals surface area contributed by atoms with Crippen molar-refractivity contribution in [3.8, 4) is 0 Å². The predicted molar refractivity (Wildman–Crippen MR) is 51.9 cm³/mol. The van der Waals surface area contributed by atoms with Gasteiger partial charge in [-0.1, -0.05) is 12.1 Å². The quantitative estimate of drug-likeness (QED) is 0.447. The van der Waals surface area contributed by atoms with Gasteiger partial charge in [-0.2, -0.15) is 0 Å². The van der Waals surface area contributed by atoms with E-state index < -0.39 is 18.4 Å². The maximum atomic E-state index is 12.4. The van der Waals surface area contributed by atoms with Crippen LogP contribution in [0.2, 0.25) is 0 Å². The van der Waals surface area contributed by atoms with Crippen molar-refractivity contribution in [2.45, 2.75) is 0 Å². The number of hydrogen-bond acceptors (Lipinski definition) is 3. The molecule has 7 heteroatoms. The van der Waals surface area contributed by atoms with Gasteiger partial charge in [0.15, 0.2) is 0 Å². The first kappa shape index (κ1) is 12.3. The van der Waals surface area contributed by atoms with Crippen LogP contribution in [0.5, 0.6) is 0 Å². The molecule has 0 saturated carbocycles. The van der Waals surface area contributed by atoms with Gasteiger partial charge in [0.2, 0.25) is 0 Å². The number of benzene rings is 1. The van der Waals surface area contributed by atoms with Gasteiger partial charge >= 0.3 is 12.9 Å². The molecule has 0 atom stereocenters. The number of hydrogen-bond donors (Lipinski definition) is 0. The third-order valence-corrected chi connectivity index (χ3v) is 1.91. The second-order valence-corrected chi connectivity index (χ2v) is 3.07. The van der Waals surface area contributed by atoms with Crippen LogP contribution in [0.25, 0.3) is 0 Å². The van der Waals surface area contributed by atoms with Crippen LogP contribution in [0.4, 0.5) is 12.9 Å². The van der Waals surface area contributed by atoms with Gasteiger partial charge < -0.3 is 17.7 Å². The highest BCUT2D eigenvalue weighted by molar-refractivity contribution is 6.73. The van der Waals surface area contributed by atoms with Gasteiger partial charge in [0.05, 0.1) is 12.7 Å². The lowest BCUT2D eigenvalue weighted by Crippen LogP contribution is -2.35. The molecule has 1 aromatic carbocycles. The number of esters is 1. The smallest absolute Gasteiger partial charge is 0.465 e. The second-order valence-electron chi connectivity index (χ2n) is 3.07. The zero-order chi connectivity index (χ0) is 12.3. The molecule has 86 valence electrons. The van der Waals surface area contributed by atoms with Crippen molar-refractivity contribution in [1.82, 2.24) is 0 Å². The predicted octanol–water partition coefficient (Wildman–Crippen LogP) is 1.34. The highest BCUT2D eigenvalue weighted by Gasteiger charge is 2.27. The summed E-state index contributed by atoms with van der Waals surface area (Å²) in [6, 6.07) is 2.41. The van der Waals surface area contributed by atoms with Crippen molar-refractivity contribution in [3.63, 3.8) is 0 Å². The monoisotopic (exact) mass is 231 g/mol. The molecule has 0 aliphatic rings. The molecule has 1 rings (SSSR count). The number of ether oxygens (including phenoxy) is 1. The van der Waals surface area contributed by atoms with Crippen LogP contribution in [0.3, 0.4) is 0 Å². The van der Waals surface area contributed by atoms with E-state index in [0.29, 0.717) is 12.1 Å². The first-order chi connectivity index (χ1) is 7.38. The van der Waals surface area contributed by atoms with Crippen molar-refractivity contribution in [2.24, 2.45) is 0 Å². The Hall–Kier alpha value is -1.79. The van der Waals surface area contributed by atoms with Gasteiger partial charge in [-0.3, -0.25) is 4.79 Å². The van der Waals surface area contributed by atoms with Crippen molar-refractivity contribution in [1.29, 1.82) is 0 Å². The van der Waals surface area contributed by atoms with Crippen LogP contribution in [-0.2, 0) is 4.74 Å². The summed E-state index contributed by atoms with van der Waals surface area (Å²) in [5.74, 6) is -0.912. The largest absolute Gasteiger partial charge is 0.509 e. The summed E-state index contributed by atoms with van der Waals surface area (Å²) in [7, 11) is 1.05. The molecule has 0 spiro atoms. The minimum atomic E-state index is -5.25. The molecule has 0 aliphatic carbocycles. The summed E-state index contributed by atoms with van der Waals surface area (Å²) < 4.78 is 41.6. The molecule has 0 saturated heterocycles. The fourth-order valence-electron chi connectivity index (χ4n) is 1.17. The molecule has 0 bridgehead atoms. The Bertz CT molecular complexity index is 428. The van der Waals surface area contributed by atoms with Gasteiger partial charge in [-0.05, 0) is 6.07 Å². The zero-order valence-corrected chi connectivity index (χ0v) is 8.25. The third kappa shape index (κ3) is 2.62. The lowest BCUT2D eigenvalue weighted by Gasteiger charge is -2.16. The Morgan fingerprint density at radius 3 is 2.38 bits per heavy atom. The maximum Gasteiger partial charge on any atom is 0.509 e. The van der Waals surface area contributed by atoms with Gasteiger partial charge in [0.1, 0.15) is 6.29 Å². The SMILES string of the molecule is COC(=O)c1cc(C=O)cc([B-](F)(F)F)c1. The molecule has 0 aliphatic heterocycles. The van der Waals surface area contributed by atoms with Gasteiger partial charge in [0, 0.05) is 5.56 Å². The third-order valence-electron chi connectivity index (χ3n) is 1.91. The van der Waals surface area contributed by atoms with E-state index in [1.54, 1.807) is 0 Å². The van der Waals surface area contributed by atoms with E-state index in [2.05, 4.69) is 4.74 Å². The van der Waals surface area contributed by atoms with Gasteiger partial charge in [-0.25, -0.2) is 4.79 Å². The van der Waals surface area contributed by atoms with Crippen LogP contribution >= 0.6 is 0 Å². The highest BCUT2D eigenvalue weighted by atomic mass is 19.4. The van der Waals surface area contributed by atoms with E-state index in [4.69, 9.17) is 0 Å². The van der Waals surface area contributed by atoms with Crippen molar-refractivity contribution in [2.75, 3.05) is 7.11 Å². The molecule has 0 aromatic heterocycles. The summed E-state index contributed by atoms with van der Waals surface area (Å²) in [6.07, 6.45) is 0.248. The van der Waals surface area contributed by atoms with Crippen molar-refractivity contribution in [3.05, 3.63) is 29.3 Å².